The van der Waals surface area contributed by atoms with Crippen LogP contribution in [0.15, 0.2) is 53.4 Å². The SMILES string of the molecule is Cc1ccc(S(=O)(=O)N2CCN(C(=O)[C@@H](C)N(c3ccc(F)cc3)S(C)(=O)=O)CC2)cc1. The van der Waals surface area contributed by atoms with E-state index in [2.05, 4.69) is 0 Å². The average Bonchev–Trinajstić information content (AvgIpc) is 2.74. The van der Waals surface area contributed by atoms with Crippen LogP contribution < -0.4 is 4.31 Å². The average molecular weight is 484 g/mol. The van der Waals surface area contributed by atoms with Gasteiger partial charge < -0.3 is 4.90 Å². The lowest BCUT2D eigenvalue weighted by molar-refractivity contribution is -0.133. The Morgan fingerprint density at radius 3 is 1.97 bits per heavy atom. The van der Waals surface area contributed by atoms with Crippen LogP contribution in [-0.2, 0) is 24.8 Å². The van der Waals surface area contributed by atoms with E-state index in [0.29, 0.717) is 0 Å². The zero-order valence-corrected chi connectivity index (χ0v) is 19.7. The van der Waals surface area contributed by atoms with Gasteiger partial charge in [-0.1, -0.05) is 17.7 Å². The highest BCUT2D eigenvalue weighted by Gasteiger charge is 2.35. The fourth-order valence-corrected chi connectivity index (χ4v) is 6.25. The van der Waals surface area contributed by atoms with E-state index < -0.39 is 37.8 Å². The van der Waals surface area contributed by atoms with E-state index in [1.165, 1.54) is 28.3 Å². The largest absolute Gasteiger partial charge is 0.338 e. The summed E-state index contributed by atoms with van der Waals surface area (Å²) < 4.78 is 66.0. The van der Waals surface area contributed by atoms with Crippen molar-refractivity contribution in [2.75, 3.05) is 36.7 Å². The van der Waals surface area contributed by atoms with E-state index in [4.69, 9.17) is 0 Å². The highest BCUT2D eigenvalue weighted by molar-refractivity contribution is 7.92. The summed E-state index contributed by atoms with van der Waals surface area (Å²) >= 11 is 0. The molecule has 32 heavy (non-hydrogen) atoms. The molecule has 0 radical (unpaired) electrons. The molecule has 0 saturated carbocycles. The van der Waals surface area contributed by atoms with Crippen molar-refractivity contribution in [1.29, 1.82) is 0 Å². The molecular formula is C21H26FN3O5S2. The second-order valence-electron chi connectivity index (χ2n) is 7.75. The van der Waals surface area contributed by atoms with Gasteiger partial charge in [0.2, 0.25) is 26.0 Å². The van der Waals surface area contributed by atoms with Crippen molar-refractivity contribution in [3.8, 4) is 0 Å². The Bertz CT molecular complexity index is 1170. The van der Waals surface area contributed by atoms with Crippen molar-refractivity contribution >= 4 is 31.6 Å². The van der Waals surface area contributed by atoms with Crippen LogP contribution >= 0.6 is 0 Å². The number of hydrogen-bond donors (Lipinski definition) is 0. The Balaban J connectivity index is 1.73. The van der Waals surface area contributed by atoms with Crippen molar-refractivity contribution in [2.45, 2.75) is 24.8 Å². The lowest BCUT2D eigenvalue weighted by atomic mass is 10.2. The molecule has 174 valence electrons. The van der Waals surface area contributed by atoms with E-state index in [9.17, 15) is 26.0 Å². The third kappa shape index (κ3) is 5.11. The van der Waals surface area contributed by atoms with Gasteiger partial charge in [0, 0.05) is 26.2 Å². The first-order valence-electron chi connectivity index (χ1n) is 10.0. The van der Waals surface area contributed by atoms with E-state index in [0.717, 1.165) is 28.3 Å². The number of carbonyl (C=O) groups is 1. The molecule has 1 fully saturated rings. The summed E-state index contributed by atoms with van der Waals surface area (Å²) in [6.45, 7) is 3.80. The molecular weight excluding hydrogens is 457 g/mol. The highest BCUT2D eigenvalue weighted by atomic mass is 32.2. The molecule has 0 aliphatic carbocycles. The third-order valence-corrected chi connectivity index (χ3v) is 8.51. The Labute approximate surface area is 188 Å². The fraction of sp³-hybridized carbons (Fsp3) is 0.381. The molecule has 1 aliphatic heterocycles. The third-order valence-electron chi connectivity index (χ3n) is 5.36. The Morgan fingerprint density at radius 2 is 1.47 bits per heavy atom. The number of carbonyl (C=O) groups excluding carboxylic acids is 1. The number of nitrogens with zero attached hydrogens (tertiary/aromatic N) is 3. The van der Waals surface area contributed by atoms with E-state index >= 15 is 0 Å². The lowest BCUT2D eigenvalue weighted by Crippen LogP contribution is -2.56. The minimum Gasteiger partial charge on any atom is -0.338 e. The van der Waals surface area contributed by atoms with Gasteiger partial charge in [0.05, 0.1) is 16.8 Å². The number of hydrogen-bond acceptors (Lipinski definition) is 5. The van der Waals surface area contributed by atoms with Crippen molar-refractivity contribution in [3.63, 3.8) is 0 Å². The standard InChI is InChI=1S/C21H26FN3O5S2/c1-16-4-10-20(11-5-16)32(29,30)24-14-12-23(13-15-24)21(26)17(2)25(31(3,27)28)19-8-6-18(22)7-9-19/h4-11,17H,12-15H2,1-3H3/t17-/m1/s1. The Kier molecular flexibility index (Phi) is 6.91. The van der Waals surface area contributed by atoms with Crippen LogP contribution in [-0.4, -0.2) is 70.4 Å². The number of amides is 1. The van der Waals surface area contributed by atoms with Gasteiger partial charge in [-0.05, 0) is 50.2 Å². The summed E-state index contributed by atoms with van der Waals surface area (Å²) in [6.07, 6.45) is 0.978. The van der Waals surface area contributed by atoms with Gasteiger partial charge in [-0.2, -0.15) is 4.31 Å². The maximum atomic E-state index is 13.3. The smallest absolute Gasteiger partial charge is 0.246 e. The van der Waals surface area contributed by atoms with Crippen molar-refractivity contribution in [1.82, 2.24) is 9.21 Å². The number of aryl methyl sites for hydroxylation is 1. The first kappa shape index (κ1) is 24.1. The molecule has 8 nitrogen and oxygen atoms in total. The second-order valence-corrected chi connectivity index (χ2v) is 11.6. The van der Waals surface area contributed by atoms with Crippen LogP contribution in [0.25, 0.3) is 0 Å². The maximum absolute atomic E-state index is 13.3. The zero-order chi connectivity index (χ0) is 23.7. The van der Waals surface area contributed by atoms with Gasteiger partial charge in [-0.3, -0.25) is 9.10 Å². The van der Waals surface area contributed by atoms with Gasteiger partial charge in [-0.15, -0.1) is 0 Å². The number of piperazine rings is 1. The van der Waals surface area contributed by atoms with E-state index in [1.54, 1.807) is 24.3 Å². The van der Waals surface area contributed by atoms with Crippen molar-refractivity contribution in [3.05, 3.63) is 59.9 Å². The molecule has 1 amide bonds. The van der Waals surface area contributed by atoms with Crippen LogP contribution in [0.5, 0.6) is 0 Å². The van der Waals surface area contributed by atoms with Gasteiger partial charge in [0.15, 0.2) is 0 Å². The van der Waals surface area contributed by atoms with Gasteiger partial charge in [-0.25, -0.2) is 21.2 Å². The first-order chi connectivity index (χ1) is 14.9. The number of sulfonamides is 2. The maximum Gasteiger partial charge on any atom is 0.246 e. The fourth-order valence-electron chi connectivity index (χ4n) is 3.66. The summed E-state index contributed by atoms with van der Waals surface area (Å²) in [5.74, 6) is -0.973. The number of anilines is 1. The Hall–Kier alpha value is -2.50. The van der Waals surface area contributed by atoms with Crippen molar-refractivity contribution < 1.29 is 26.0 Å². The van der Waals surface area contributed by atoms with Crippen LogP contribution in [0.2, 0.25) is 0 Å². The topological polar surface area (TPSA) is 95.1 Å². The Morgan fingerprint density at radius 1 is 0.938 bits per heavy atom. The molecule has 0 spiro atoms. The summed E-state index contributed by atoms with van der Waals surface area (Å²) in [7, 11) is -7.51. The van der Waals surface area contributed by atoms with Crippen LogP contribution in [0.1, 0.15) is 12.5 Å². The van der Waals surface area contributed by atoms with Gasteiger partial charge >= 0.3 is 0 Å². The normalized spacial score (nSPS) is 16.6. The number of rotatable bonds is 6. The van der Waals surface area contributed by atoms with Gasteiger partial charge in [0.1, 0.15) is 11.9 Å². The highest BCUT2D eigenvalue weighted by Crippen LogP contribution is 2.23. The summed E-state index contributed by atoms with van der Waals surface area (Å²) in [5, 5.41) is 0. The van der Waals surface area contributed by atoms with Crippen LogP contribution in [0.3, 0.4) is 0 Å². The second kappa shape index (κ2) is 9.16. The molecule has 0 bridgehead atoms. The molecule has 1 heterocycles. The predicted octanol–water partition coefficient (Wildman–Crippen LogP) is 1.82. The van der Waals surface area contributed by atoms with E-state index in [-0.39, 0.29) is 36.8 Å². The minimum atomic E-state index is -3.83. The summed E-state index contributed by atoms with van der Waals surface area (Å²) in [4.78, 5) is 14.7. The molecule has 2 aromatic rings. The first-order valence-corrected chi connectivity index (χ1v) is 13.3. The molecule has 1 saturated heterocycles. The number of halogens is 1. The monoisotopic (exact) mass is 483 g/mol. The minimum absolute atomic E-state index is 0.101. The molecule has 0 aromatic heterocycles. The van der Waals surface area contributed by atoms with Crippen molar-refractivity contribution in [2.24, 2.45) is 0 Å². The number of benzene rings is 2. The summed E-state index contributed by atoms with van der Waals surface area (Å²) in [5.41, 5.74) is 1.13. The molecule has 2 aromatic carbocycles. The molecule has 0 unspecified atom stereocenters. The quantitative estimate of drug-likeness (QED) is 0.625. The molecule has 3 rings (SSSR count). The molecule has 1 atom stereocenters. The van der Waals surface area contributed by atoms with Crippen LogP contribution in [0, 0.1) is 12.7 Å². The molecule has 1 aliphatic rings. The zero-order valence-electron chi connectivity index (χ0n) is 18.1. The molecule has 11 heteroatoms. The predicted molar refractivity (Wildman–Crippen MR) is 120 cm³/mol. The van der Waals surface area contributed by atoms with Gasteiger partial charge in [0.25, 0.3) is 0 Å². The van der Waals surface area contributed by atoms with E-state index in [1.807, 2.05) is 6.92 Å². The van der Waals surface area contributed by atoms with Crippen LogP contribution in [0.4, 0.5) is 10.1 Å². The lowest BCUT2D eigenvalue weighted by Gasteiger charge is -2.37. The summed E-state index contributed by atoms with van der Waals surface area (Å²) in [6, 6.07) is 10.3. The molecule has 0 N–H and O–H groups in total.